The molecule has 2 fully saturated rings. The largest absolute Gasteiger partial charge is 0.469 e. The molecule has 0 radical (unpaired) electrons. The van der Waals surface area contributed by atoms with E-state index in [9.17, 15) is 14.4 Å². The minimum absolute atomic E-state index is 0.110. The first kappa shape index (κ1) is 14.6. The highest BCUT2D eigenvalue weighted by molar-refractivity contribution is 5.92. The minimum Gasteiger partial charge on any atom is -0.469 e. The summed E-state index contributed by atoms with van der Waals surface area (Å²) >= 11 is 0. The van der Waals surface area contributed by atoms with Crippen molar-refractivity contribution in [1.82, 2.24) is 4.90 Å². The van der Waals surface area contributed by atoms with Gasteiger partial charge in [-0.15, -0.1) is 0 Å². The molecule has 6 nitrogen and oxygen atoms in total. The maximum atomic E-state index is 12.4. The van der Waals surface area contributed by atoms with Crippen molar-refractivity contribution in [3.8, 4) is 0 Å². The van der Waals surface area contributed by atoms with Crippen LogP contribution >= 0.6 is 0 Å². The summed E-state index contributed by atoms with van der Waals surface area (Å²) in [6, 6.07) is 8.13. The minimum atomic E-state index is -0.896. The molecule has 0 N–H and O–H groups in total. The molecule has 2 aliphatic rings. The highest BCUT2D eigenvalue weighted by Crippen LogP contribution is 2.37. The lowest BCUT2D eigenvalue weighted by atomic mass is 9.85. The molecule has 1 amide bonds. The van der Waals surface area contributed by atoms with E-state index in [-0.39, 0.29) is 25.0 Å². The molecular weight excluding hydrogens is 286 g/mol. The van der Waals surface area contributed by atoms with Gasteiger partial charge in [0, 0.05) is 6.42 Å². The first-order valence-corrected chi connectivity index (χ1v) is 7.24. The monoisotopic (exact) mass is 303 g/mol. The van der Waals surface area contributed by atoms with Gasteiger partial charge in [0.2, 0.25) is 5.91 Å². The smallest absolute Gasteiger partial charge is 0.329 e. The molecule has 0 spiro atoms. The molecule has 2 saturated heterocycles. The van der Waals surface area contributed by atoms with Gasteiger partial charge in [-0.3, -0.25) is 9.59 Å². The zero-order chi connectivity index (χ0) is 15.7. The lowest BCUT2D eigenvalue weighted by Crippen LogP contribution is -2.60. The van der Waals surface area contributed by atoms with E-state index in [4.69, 9.17) is 9.47 Å². The topological polar surface area (TPSA) is 72.9 Å². The predicted molar refractivity (Wildman–Crippen MR) is 75.5 cm³/mol. The van der Waals surface area contributed by atoms with Gasteiger partial charge in [-0.25, -0.2) is 4.79 Å². The van der Waals surface area contributed by atoms with Crippen molar-refractivity contribution in [2.75, 3.05) is 13.7 Å². The zero-order valence-electron chi connectivity index (χ0n) is 12.2. The van der Waals surface area contributed by atoms with Crippen molar-refractivity contribution in [2.45, 2.75) is 24.9 Å². The Morgan fingerprint density at radius 1 is 1.27 bits per heavy atom. The van der Waals surface area contributed by atoms with Gasteiger partial charge in [-0.05, 0) is 12.0 Å². The van der Waals surface area contributed by atoms with Crippen molar-refractivity contribution < 1.29 is 23.9 Å². The van der Waals surface area contributed by atoms with E-state index in [2.05, 4.69) is 0 Å². The normalized spacial score (nSPS) is 27.9. The van der Waals surface area contributed by atoms with Gasteiger partial charge in [-0.1, -0.05) is 30.3 Å². The fourth-order valence-electron chi connectivity index (χ4n) is 3.22. The number of ether oxygens (including phenoxy) is 2. The van der Waals surface area contributed by atoms with Crippen LogP contribution in [0.3, 0.4) is 0 Å². The average Bonchev–Trinajstić information content (AvgIpc) is 2.56. The maximum absolute atomic E-state index is 12.4. The summed E-state index contributed by atoms with van der Waals surface area (Å²) in [7, 11) is 1.28. The van der Waals surface area contributed by atoms with Gasteiger partial charge >= 0.3 is 11.9 Å². The Morgan fingerprint density at radius 3 is 2.68 bits per heavy atom. The van der Waals surface area contributed by atoms with E-state index in [1.165, 1.54) is 12.0 Å². The summed E-state index contributed by atoms with van der Waals surface area (Å²) in [5, 5.41) is 0. The number of piperidine rings is 1. The van der Waals surface area contributed by atoms with E-state index < -0.39 is 23.9 Å². The summed E-state index contributed by atoms with van der Waals surface area (Å²) in [6.45, 7) is 0.110. The van der Waals surface area contributed by atoms with Gasteiger partial charge in [0.1, 0.15) is 12.6 Å². The number of fused-ring (bicyclic) bond motifs is 1. The second kappa shape index (κ2) is 5.79. The van der Waals surface area contributed by atoms with Gasteiger partial charge < -0.3 is 14.4 Å². The number of esters is 2. The fraction of sp³-hybridized carbons (Fsp3) is 0.438. The molecule has 0 aromatic heterocycles. The van der Waals surface area contributed by atoms with Crippen LogP contribution in [0.4, 0.5) is 0 Å². The van der Waals surface area contributed by atoms with Crippen LogP contribution in [0.25, 0.3) is 0 Å². The van der Waals surface area contributed by atoms with Gasteiger partial charge in [0.15, 0.2) is 0 Å². The SMILES string of the molecule is COC(=O)[C@@H]1CCC(=O)N2[C@@H](c3ccccc3)COC(=O)[C@H]12. The molecule has 3 atom stereocenters. The molecule has 0 aliphatic carbocycles. The van der Waals surface area contributed by atoms with Crippen LogP contribution in [-0.4, -0.2) is 42.5 Å². The summed E-state index contributed by atoms with van der Waals surface area (Å²) in [5.74, 6) is -1.80. The number of carbonyl (C=O) groups excluding carboxylic acids is 3. The molecular formula is C16H17NO5. The summed E-state index contributed by atoms with van der Waals surface area (Å²) in [4.78, 5) is 38.0. The standard InChI is InChI=1S/C16H17NO5/c1-21-15(19)11-7-8-13(18)17-12(9-22-16(20)14(11)17)10-5-3-2-4-6-10/h2-6,11-12,14H,7-9H2,1H3/t11-,12-,14+/m1/s1. The van der Waals surface area contributed by atoms with E-state index in [0.29, 0.717) is 6.42 Å². The quantitative estimate of drug-likeness (QED) is 0.764. The highest BCUT2D eigenvalue weighted by atomic mass is 16.5. The molecule has 6 heteroatoms. The Hall–Kier alpha value is -2.37. The summed E-state index contributed by atoms with van der Waals surface area (Å²) in [5.41, 5.74) is 0.888. The van der Waals surface area contributed by atoms with Crippen LogP contribution in [0.2, 0.25) is 0 Å². The number of benzene rings is 1. The molecule has 3 rings (SSSR count). The second-order valence-corrected chi connectivity index (χ2v) is 5.47. The number of carbonyl (C=O) groups is 3. The lowest BCUT2D eigenvalue weighted by molar-refractivity contribution is -0.182. The highest BCUT2D eigenvalue weighted by Gasteiger charge is 2.51. The number of morpholine rings is 1. The van der Waals surface area contributed by atoms with Crippen molar-refractivity contribution in [3.05, 3.63) is 35.9 Å². The molecule has 116 valence electrons. The van der Waals surface area contributed by atoms with E-state index >= 15 is 0 Å². The van der Waals surface area contributed by atoms with Gasteiger partial charge in [0.05, 0.1) is 19.1 Å². The predicted octanol–water partition coefficient (Wildman–Crippen LogP) is 1.06. The van der Waals surface area contributed by atoms with E-state index in [1.54, 1.807) is 0 Å². The van der Waals surface area contributed by atoms with Crippen molar-refractivity contribution in [3.63, 3.8) is 0 Å². The van der Waals surface area contributed by atoms with Crippen LogP contribution in [0, 0.1) is 5.92 Å². The molecule has 0 bridgehead atoms. The third-order valence-electron chi connectivity index (χ3n) is 4.29. The van der Waals surface area contributed by atoms with E-state index in [0.717, 1.165) is 5.56 Å². The van der Waals surface area contributed by atoms with Crippen LogP contribution in [0.15, 0.2) is 30.3 Å². The Labute approximate surface area is 128 Å². The summed E-state index contributed by atoms with van der Waals surface area (Å²) < 4.78 is 10.0. The van der Waals surface area contributed by atoms with Gasteiger partial charge in [-0.2, -0.15) is 0 Å². The van der Waals surface area contributed by atoms with E-state index in [1.807, 2.05) is 30.3 Å². The molecule has 1 aromatic carbocycles. The van der Waals surface area contributed by atoms with Crippen molar-refractivity contribution >= 4 is 17.8 Å². The molecule has 2 aliphatic heterocycles. The Kier molecular flexibility index (Phi) is 3.83. The number of rotatable bonds is 2. The third kappa shape index (κ3) is 2.34. The Bertz CT molecular complexity index is 600. The van der Waals surface area contributed by atoms with Crippen molar-refractivity contribution in [1.29, 1.82) is 0 Å². The molecule has 22 heavy (non-hydrogen) atoms. The second-order valence-electron chi connectivity index (χ2n) is 5.47. The van der Waals surface area contributed by atoms with Crippen LogP contribution in [0.1, 0.15) is 24.4 Å². The molecule has 1 aromatic rings. The van der Waals surface area contributed by atoms with Crippen LogP contribution in [0.5, 0.6) is 0 Å². The van der Waals surface area contributed by atoms with Gasteiger partial charge in [0.25, 0.3) is 0 Å². The fourth-order valence-corrected chi connectivity index (χ4v) is 3.22. The first-order valence-electron chi connectivity index (χ1n) is 7.24. The molecule has 0 unspecified atom stereocenters. The molecule has 2 heterocycles. The Morgan fingerprint density at radius 2 is 2.00 bits per heavy atom. The average molecular weight is 303 g/mol. The number of hydrogen-bond acceptors (Lipinski definition) is 5. The molecule has 0 saturated carbocycles. The number of hydrogen-bond donors (Lipinski definition) is 0. The number of amides is 1. The lowest BCUT2D eigenvalue weighted by Gasteiger charge is -2.45. The Balaban J connectivity index is 1.98. The number of methoxy groups -OCH3 is 1. The number of cyclic esters (lactones) is 1. The maximum Gasteiger partial charge on any atom is 0.329 e. The zero-order valence-corrected chi connectivity index (χ0v) is 12.2. The van der Waals surface area contributed by atoms with Crippen LogP contribution in [-0.2, 0) is 23.9 Å². The number of nitrogens with zero attached hydrogens (tertiary/aromatic N) is 1. The van der Waals surface area contributed by atoms with Crippen LogP contribution < -0.4 is 0 Å². The van der Waals surface area contributed by atoms with Crippen molar-refractivity contribution in [2.24, 2.45) is 5.92 Å². The first-order chi connectivity index (χ1) is 10.6. The summed E-state index contributed by atoms with van der Waals surface area (Å²) in [6.07, 6.45) is 0.538. The third-order valence-corrected chi connectivity index (χ3v) is 4.29.